The van der Waals surface area contributed by atoms with Crippen molar-refractivity contribution in [2.45, 2.75) is 94.1 Å². The number of benzene rings is 1. The number of carbonyl (C=O) groups is 4. The molecule has 250 valence electrons. The SMILES string of the molecule is CC(C)(CNC(=O)CC(C)(C)COCC(C)(C)CNC(=O)CCCC(=O)OCc1ccccc1)COCC(C)(C)CC(=O)O. The second-order valence-electron chi connectivity index (χ2n) is 14.9. The van der Waals surface area contributed by atoms with Crippen molar-refractivity contribution < 1.29 is 38.5 Å². The second-order valence-corrected chi connectivity index (χ2v) is 14.9. The van der Waals surface area contributed by atoms with Crippen molar-refractivity contribution in [3.05, 3.63) is 35.9 Å². The molecule has 10 nitrogen and oxygen atoms in total. The number of esters is 1. The third kappa shape index (κ3) is 19.3. The molecule has 1 aromatic carbocycles. The van der Waals surface area contributed by atoms with E-state index in [9.17, 15) is 19.2 Å². The molecule has 1 rings (SSSR count). The van der Waals surface area contributed by atoms with E-state index in [1.807, 2.05) is 85.7 Å². The van der Waals surface area contributed by atoms with Crippen LogP contribution in [0.25, 0.3) is 0 Å². The monoisotopic (exact) mass is 620 g/mol. The minimum Gasteiger partial charge on any atom is -0.481 e. The van der Waals surface area contributed by atoms with Gasteiger partial charge in [-0.05, 0) is 22.8 Å². The summed E-state index contributed by atoms with van der Waals surface area (Å²) in [4.78, 5) is 47.9. The van der Waals surface area contributed by atoms with Crippen molar-refractivity contribution in [1.82, 2.24) is 10.6 Å². The molecule has 0 unspecified atom stereocenters. The van der Waals surface area contributed by atoms with E-state index < -0.39 is 11.4 Å². The maximum absolute atomic E-state index is 12.7. The van der Waals surface area contributed by atoms with Gasteiger partial charge in [0.15, 0.2) is 0 Å². The number of hydrogen-bond donors (Lipinski definition) is 3. The Bertz CT molecular complexity index is 1050. The Morgan fingerprint density at radius 3 is 1.66 bits per heavy atom. The van der Waals surface area contributed by atoms with Gasteiger partial charge in [-0.15, -0.1) is 0 Å². The Kier molecular flexibility index (Phi) is 16.1. The molecule has 0 spiro atoms. The zero-order chi connectivity index (χ0) is 33.4. The van der Waals surface area contributed by atoms with Gasteiger partial charge in [0.05, 0.1) is 32.8 Å². The minimum absolute atomic E-state index is 0.0305. The topological polar surface area (TPSA) is 140 Å². The molecule has 0 saturated carbocycles. The van der Waals surface area contributed by atoms with Crippen LogP contribution in [0.1, 0.15) is 93.1 Å². The zero-order valence-electron chi connectivity index (χ0n) is 28.2. The predicted octanol–water partition coefficient (Wildman–Crippen LogP) is 5.14. The van der Waals surface area contributed by atoms with E-state index in [1.54, 1.807) is 0 Å². The van der Waals surface area contributed by atoms with Crippen molar-refractivity contribution in [3.8, 4) is 0 Å². The van der Waals surface area contributed by atoms with Crippen LogP contribution in [0.5, 0.6) is 0 Å². The summed E-state index contributed by atoms with van der Waals surface area (Å²) in [7, 11) is 0. The molecule has 44 heavy (non-hydrogen) atoms. The molecule has 0 aliphatic rings. The third-order valence-electron chi connectivity index (χ3n) is 6.80. The normalized spacial score (nSPS) is 12.5. The fraction of sp³-hybridized carbons (Fsp3) is 0.706. The number of aliphatic carboxylic acids is 1. The number of ether oxygens (including phenoxy) is 3. The minimum atomic E-state index is -0.852. The molecule has 10 heteroatoms. The van der Waals surface area contributed by atoms with E-state index in [2.05, 4.69) is 10.6 Å². The van der Waals surface area contributed by atoms with E-state index in [4.69, 9.17) is 19.3 Å². The maximum Gasteiger partial charge on any atom is 0.306 e. The van der Waals surface area contributed by atoms with Crippen molar-refractivity contribution >= 4 is 23.8 Å². The first kappa shape index (κ1) is 39.0. The number of carboxylic acid groups (broad SMARTS) is 1. The second kappa shape index (κ2) is 18.1. The smallest absolute Gasteiger partial charge is 0.306 e. The first-order valence-corrected chi connectivity index (χ1v) is 15.4. The highest BCUT2D eigenvalue weighted by molar-refractivity contribution is 5.77. The summed E-state index contributed by atoms with van der Waals surface area (Å²) in [6, 6.07) is 9.46. The highest BCUT2D eigenvalue weighted by Crippen LogP contribution is 2.25. The molecule has 0 aliphatic heterocycles. The molecule has 0 saturated heterocycles. The number of carboxylic acids is 1. The van der Waals surface area contributed by atoms with Crippen LogP contribution in [0.4, 0.5) is 0 Å². The van der Waals surface area contributed by atoms with Crippen molar-refractivity contribution in [1.29, 1.82) is 0 Å². The number of hydrogen-bond acceptors (Lipinski definition) is 7. The number of nitrogens with one attached hydrogen (secondary N) is 2. The zero-order valence-corrected chi connectivity index (χ0v) is 28.2. The first-order valence-electron chi connectivity index (χ1n) is 15.4. The van der Waals surface area contributed by atoms with Crippen LogP contribution in [0, 0.1) is 21.7 Å². The van der Waals surface area contributed by atoms with Crippen LogP contribution < -0.4 is 10.6 Å². The first-order chi connectivity index (χ1) is 20.3. The molecule has 3 N–H and O–H groups in total. The van der Waals surface area contributed by atoms with Crippen molar-refractivity contribution in [2.75, 3.05) is 39.5 Å². The standard InChI is InChI=1S/C34H56N2O8/c1-31(2,17-28(38)36-21-34(7,8)25-43-23-32(3,4)18-29(39)40)22-42-24-33(5,6)20-35-27(37)15-12-16-30(41)44-19-26-13-10-9-11-14-26/h9-11,13-14H,12,15-25H2,1-8H3,(H,35,37)(H,36,38)(H,39,40). The van der Waals surface area contributed by atoms with E-state index >= 15 is 0 Å². The molecule has 0 heterocycles. The average molecular weight is 621 g/mol. The van der Waals surface area contributed by atoms with E-state index in [0.717, 1.165) is 5.56 Å². The molecule has 0 radical (unpaired) electrons. The largest absolute Gasteiger partial charge is 0.481 e. The van der Waals surface area contributed by atoms with Crippen LogP contribution in [0.15, 0.2) is 30.3 Å². The van der Waals surface area contributed by atoms with Crippen LogP contribution in [-0.2, 0) is 40.0 Å². The molecule has 0 bridgehead atoms. The van der Waals surface area contributed by atoms with Gasteiger partial charge in [0.2, 0.25) is 11.8 Å². The molecule has 0 aliphatic carbocycles. The van der Waals surface area contributed by atoms with Gasteiger partial charge in [0.25, 0.3) is 0 Å². The fourth-order valence-electron chi connectivity index (χ4n) is 4.29. The van der Waals surface area contributed by atoms with Crippen molar-refractivity contribution in [3.63, 3.8) is 0 Å². The molecular formula is C34H56N2O8. The van der Waals surface area contributed by atoms with Crippen LogP contribution in [0.2, 0.25) is 0 Å². The molecule has 0 atom stereocenters. The third-order valence-corrected chi connectivity index (χ3v) is 6.80. The van der Waals surface area contributed by atoms with Crippen LogP contribution in [0.3, 0.4) is 0 Å². The number of rotatable bonds is 22. The lowest BCUT2D eigenvalue weighted by Crippen LogP contribution is -2.40. The van der Waals surface area contributed by atoms with Gasteiger partial charge in [-0.2, -0.15) is 0 Å². The average Bonchev–Trinajstić information content (AvgIpc) is 2.89. The van der Waals surface area contributed by atoms with Gasteiger partial charge in [0, 0.05) is 43.2 Å². The van der Waals surface area contributed by atoms with Gasteiger partial charge in [-0.25, -0.2) is 0 Å². The predicted molar refractivity (Wildman–Crippen MR) is 170 cm³/mol. The lowest BCUT2D eigenvalue weighted by molar-refractivity contribution is -0.145. The van der Waals surface area contributed by atoms with Crippen LogP contribution in [-0.4, -0.2) is 68.4 Å². The van der Waals surface area contributed by atoms with E-state index in [0.29, 0.717) is 52.4 Å². The summed E-state index contributed by atoms with van der Waals surface area (Å²) in [6.45, 7) is 18.3. The lowest BCUT2D eigenvalue weighted by Gasteiger charge is -2.30. The summed E-state index contributed by atoms with van der Waals surface area (Å²) in [5.41, 5.74) is -0.551. The summed E-state index contributed by atoms with van der Waals surface area (Å²) >= 11 is 0. The maximum atomic E-state index is 12.7. The van der Waals surface area contributed by atoms with Gasteiger partial charge in [-0.1, -0.05) is 85.7 Å². The molecular weight excluding hydrogens is 564 g/mol. The highest BCUT2D eigenvalue weighted by Gasteiger charge is 2.28. The lowest BCUT2D eigenvalue weighted by atomic mass is 9.88. The number of amides is 2. The van der Waals surface area contributed by atoms with E-state index in [1.165, 1.54) is 0 Å². The molecule has 0 aromatic heterocycles. The Hall–Kier alpha value is -2.98. The van der Waals surface area contributed by atoms with Gasteiger partial charge in [0.1, 0.15) is 6.61 Å². The Morgan fingerprint density at radius 1 is 0.659 bits per heavy atom. The molecule has 0 fully saturated rings. The van der Waals surface area contributed by atoms with Crippen molar-refractivity contribution in [2.24, 2.45) is 21.7 Å². The number of carbonyl (C=O) groups excluding carboxylic acids is 3. The highest BCUT2D eigenvalue weighted by atomic mass is 16.5. The molecule has 1 aromatic rings. The van der Waals surface area contributed by atoms with Gasteiger partial charge >= 0.3 is 11.9 Å². The van der Waals surface area contributed by atoms with E-state index in [-0.39, 0.29) is 59.9 Å². The van der Waals surface area contributed by atoms with Gasteiger partial charge in [-0.3, -0.25) is 19.2 Å². The quantitative estimate of drug-likeness (QED) is 0.152. The Balaban J connectivity index is 2.27. The Morgan fingerprint density at radius 2 is 1.14 bits per heavy atom. The summed E-state index contributed by atoms with van der Waals surface area (Å²) in [6.07, 6.45) is 1.17. The van der Waals surface area contributed by atoms with Crippen LogP contribution >= 0.6 is 0 Å². The molecule has 2 amide bonds. The summed E-state index contributed by atoms with van der Waals surface area (Å²) < 4.78 is 17.0. The van der Waals surface area contributed by atoms with Gasteiger partial charge < -0.3 is 30.0 Å². The summed E-state index contributed by atoms with van der Waals surface area (Å²) in [5.74, 6) is -1.37. The Labute approximate surface area is 264 Å². The fourth-order valence-corrected chi connectivity index (χ4v) is 4.29. The summed E-state index contributed by atoms with van der Waals surface area (Å²) in [5, 5.41) is 14.9.